The van der Waals surface area contributed by atoms with Crippen LogP contribution in [-0.4, -0.2) is 0 Å². The zero-order chi connectivity index (χ0) is 10.8. The Morgan fingerprint density at radius 2 is 1.87 bits per heavy atom. The van der Waals surface area contributed by atoms with Gasteiger partial charge in [0.15, 0.2) is 0 Å². The molecule has 0 aliphatic carbocycles. The van der Waals surface area contributed by atoms with Gasteiger partial charge in [0.2, 0.25) is 0 Å². The Bertz CT molecular complexity index is 497. The maximum absolute atomic E-state index is 13.5. The minimum absolute atomic E-state index is 0.268. The highest BCUT2D eigenvalue weighted by molar-refractivity contribution is 7.80. The highest BCUT2D eigenvalue weighted by atomic mass is 35.5. The van der Waals surface area contributed by atoms with E-state index in [1.807, 2.05) is 6.07 Å². The topological polar surface area (TPSA) is 0 Å². The van der Waals surface area contributed by atoms with Crippen LogP contribution in [0.4, 0.5) is 4.39 Å². The molecular formula is C12H8ClFS. The summed E-state index contributed by atoms with van der Waals surface area (Å²) >= 11 is 10.0. The molecule has 0 aliphatic rings. The van der Waals surface area contributed by atoms with Gasteiger partial charge in [-0.1, -0.05) is 23.7 Å². The van der Waals surface area contributed by atoms with Gasteiger partial charge >= 0.3 is 0 Å². The molecular weight excluding hydrogens is 231 g/mol. The van der Waals surface area contributed by atoms with Crippen LogP contribution in [0.5, 0.6) is 0 Å². The molecule has 0 fully saturated rings. The van der Waals surface area contributed by atoms with Gasteiger partial charge in [0.05, 0.1) is 0 Å². The minimum atomic E-state index is -0.268. The van der Waals surface area contributed by atoms with E-state index in [0.29, 0.717) is 10.6 Å². The molecule has 0 saturated carbocycles. The van der Waals surface area contributed by atoms with Crippen LogP contribution in [0.25, 0.3) is 11.1 Å². The summed E-state index contributed by atoms with van der Waals surface area (Å²) in [4.78, 5) is 0.728. The first-order chi connectivity index (χ1) is 7.16. The van der Waals surface area contributed by atoms with Crippen molar-refractivity contribution in [2.45, 2.75) is 4.90 Å². The van der Waals surface area contributed by atoms with Crippen LogP contribution >= 0.6 is 24.2 Å². The average molecular weight is 239 g/mol. The van der Waals surface area contributed by atoms with Crippen molar-refractivity contribution >= 4 is 24.2 Å². The van der Waals surface area contributed by atoms with Crippen molar-refractivity contribution in [3.63, 3.8) is 0 Å². The smallest absolute Gasteiger partial charge is 0.131 e. The predicted octanol–water partition coefficient (Wildman–Crippen LogP) is 4.43. The third-order valence-electron chi connectivity index (χ3n) is 2.09. The van der Waals surface area contributed by atoms with Crippen LogP contribution in [0.2, 0.25) is 5.02 Å². The van der Waals surface area contributed by atoms with Gasteiger partial charge in [-0.05, 0) is 35.9 Å². The lowest BCUT2D eigenvalue weighted by molar-refractivity contribution is 0.630. The molecule has 0 nitrogen and oxygen atoms in total. The lowest BCUT2D eigenvalue weighted by Crippen LogP contribution is -1.84. The fraction of sp³-hybridized carbons (Fsp3) is 0. The van der Waals surface area contributed by atoms with E-state index in [0.717, 1.165) is 10.5 Å². The maximum atomic E-state index is 13.5. The third kappa shape index (κ3) is 2.33. The number of hydrogen-bond acceptors (Lipinski definition) is 1. The van der Waals surface area contributed by atoms with Crippen molar-refractivity contribution < 1.29 is 4.39 Å². The Labute approximate surface area is 98.1 Å². The molecule has 0 spiro atoms. The summed E-state index contributed by atoms with van der Waals surface area (Å²) in [6, 6.07) is 11.8. The van der Waals surface area contributed by atoms with Gasteiger partial charge in [0, 0.05) is 15.5 Å². The van der Waals surface area contributed by atoms with Crippen LogP contribution < -0.4 is 0 Å². The van der Waals surface area contributed by atoms with E-state index in [4.69, 9.17) is 11.6 Å². The van der Waals surface area contributed by atoms with Crippen molar-refractivity contribution in [2.75, 3.05) is 0 Å². The molecule has 76 valence electrons. The normalized spacial score (nSPS) is 10.3. The van der Waals surface area contributed by atoms with E-state index in [9.17, 15) is 4.39 Å². The number of hydrogen-bond donors (Lipinski definition) is 1. The van der Waals surface area contributed by atoms with Crippen LogP contribution in [0.3, 0.4) is 0 Å². The standard InChI is InChI=1S/C12H8ClFS/c13-9-3-1-2-8(6-9)11-7-10(15)4-5-12(11)14/h1-7,15H. The van der Waals surface area contributed by atoms with E-state index in [1.54, 1.807) is 30.3 Å². The van der Waals surface area contributed by atoms with E-state index >= 15 is 0 Å². The maximum Gasteiger partial charge on any atom is 0.131 e. The summed E-state index contributed by atoms with van der Waals surface area (Å²) in [5.74, 6) is -0.268. The van der Waals surface area contributed by atoms with Crippen molar-refractivity contribution in [1.82, 2.24) is 0 Å². The van der Waals surface area contributed by atoms with Gasteiger partial charge in [-0.2, -0.15) is 0 Å². The molecule has 0 aliphatic heterocycles. The second-order valence-electron chi connectivity index (χ2n) is 3.17. The molecule has 2 aromatic carbocycles. The largest absolute Gasteiger partial charge is 0.206 e. The van der Waals surface area contributed by atoms with E-state index in [-0.39, 0.29) is 5.82 Å². The number of rotatable bonds is 1. The lowest BCUT2D eigenvalue weighted by Gasteiger charge is -2.04. The molecule has 0 saturated heterocycles. The summed E-state index contributed by atoms with van der Waals surface area (Å²) in [6.07, 6.45) is 0. The highest BCUT2D eigenvalue weighted by Gasteiger charge is 2.05. The summed E-state index contributed by atoms with van der Waals surface area (Å²) in [5, 5.41) is 0.594. The first-order valence-electron chi connectivity index (χ1n) is 4.41. The third-order valence-corrected chi connectivity index (χ3v) is 2.60. The zero-order valence-electron chi connectivity index (χ0n) is 7.74. The minimum Gasteiger partial charge on any atom is -0.206 e. The molecule has 0 radical (unpaired) electrons. The second kappa shape index (κ2) is 4.25. The molecule has 0 unspecified atom stereocenters. The van der Waals surface area contributed by atoms with Gasteiger partial charge in [0.25, 0.3) is 0 Å². The summed E-state index contributed by atoms with van der Waals surface area (Å²) in [6.45, 7) is 0. The van der Waals surface area contributed by atoms with Gasteiger partial charge in [-0.15, -0.1) is 12.6 Å². The molecule has 0 atom stereocenters. The number of halogens is 2. The molecule has 0 bridgehead atoms. The van der Waals surface area contributed by atoms with Crippen LogP contribution in [0, 0.1) is 5.82 Å². The van der Waals surface area contributed by atoms with Crippen LogP contribution in [0.15, 0.2) is 47.4 Å². The molecule has 0 heterocycles. The van der Waals surface area contributed by atoms with Gasteiger partial charge in [-0.3, -0.25) is 0 Å². The fourth-order valence-electron chi connectivity index (χ4n) is 1.39. The second-order valence-corrected chi connectivity index (χ2v) is 4.13. The summed E-state index contributed by atoms with van der Waals surface area (Å²) < 4.78 is 13.5. The Kier molecular flexibility index (Phi) is 2.98. The SMILES string of the molecule is Fc1ccc(S)cc1-c1cccc(Cl)c1. The molecule has 0 amide bonds. The Balaban J connectivity index is 2.58. The van der Waals surface area contributed by atoms with E-state index in [2.05, 4.69) is 12.6 Å². The first kappa shape index (κ1) is 10.5. The average Bonchev–Trinajstić information content (AvgIpc) is 2.22. The Hall–Kier alpha value is -0.990. The lowest BCUT2D eigenvalue weighted by atomic mass is 10.1. The zero-order valence-corrected chi connectivity index (χ0v) is 9.39. The predicted molar refractivity (Wildman–Crippen MR) is 64.1 cm³/mol. The summed E-state index contributed by atoms with van der Waals surface area (Å²) in [7, 11) is 0. The van der Waals surface area contributed by atoms with Gasteiger partial charge < -0.3 is 0 Å². The van der Waals surface area contributed by atoms with Crippen LogP contribution in [-0.2, 0) is 0 Å². The van der Waals surface area contributed by atoms with E-state index < -0.39 is 0 Å². The monoisotopic (exact) mass is 238 g/mol. The molecule has 3 heteroatoms. The fourth-order valence-corrected chi connectivity index (χ4v) is 1.78. The highest BCUT2D eigenvalue weighted by Crippen LogP contribution is 2.27. The van der Waals surface area contributed by atoms with Gasteiger partial charge in [-0.25, -0.2) is 4.39 Å². The van der Waals surface area contributed by atoms with E-state index in [1.165, 1.54) is 6.07 Å². The molecule has 2 aromatic rings. The van der Waals surface area contributed by atoms with Gasteiger partial charge in [0.1, 0.15) is 5.82 Å². The van der Waals surface area contributed by atoms with Crippen molar-refractivity contribution in [1.29, 1.82) is 0 Å². The molecule has 0 N–H and O–H groups in total. The van der Waals surface area contributed by atoms with Crippen LogP contribution in [0.1, 0.15) is 0 Å². The Morgan fingerprint density at radius 3 is 2.60 bits per heavy atom. The first-order valence-corrected chi connectivity index (χ1v) is 5.24. The number of thiol groups is 1. The quantitative estimate of drug-likeness (QED) is 0.698. The number of benzene rings is 2. The van der Waals surface area contributed by atoms with Crippen molar-refractivity contribution in [3.05, 3.63) is 53.3 Å². The van der Waals surface area contributed by atoms with Crippen molar-refractivity contribution in [3.8, 4) is 11.1 Å². The molecule has 0 aromatic heterocycles. The molecule has 2 rings (SSSR count). The van der Waals surface area contributed by atoms with Crippen molar-refractivity contribution in [2.24, 2.45) is 0 Å². The Morgan fingerprint density at radius 1 is 1.07 bits per heavy atom. The molecule has 15 heavy (non-hydrogen) atoms. The summed E-state index contributed by atoms with van der Waals surface area (Å²) in [5.41, 5.74) is 1.28.